The van der Waals surface area contributed by atoms with Crippen LogP contribution >= 0.6 is 0 Å². The zero-order valence-corrected chi connectivity index (χ0v) is 7.50. The van der Waals surface area contributed by atoms with Crippen molar-refractivity contribution >= 4 is 6.29 Å². The summed E-state index contributed by atoms with van der Waals surface area (Å²) in [5.41, 5.74) is -0.0381. The molecule has 0 spiro atoms. The molecule has 0 saturated carbocycles. The van der Waals surface area contributed by atoms with Gasteiger partial charge in [0.05, 0.1) is 13.2 Å². The van der Waals surface area contributed by atoms with E-state index in [1.165, 1.54) is 0 Å². The summed E-state index contributed by atoms with van der Waals surface area (Å²) in [6.07, 6.45) is 0.862. The molecule has 0 aromatic carbocycles. The van der Waals surface area contributed by atoms with E-state index in [4.69, 9.17) is 5.11 Å². The van der Waals surface area contributed by atoms with Gasteiger partial charge in [0.15, 0.2) is 0 Å². The van der Waals surface area contributed by atoms with E-state index < -0.39 is 0 Å². The SMILES string of the molecule is CC(C)(C)N(CC=O)CCO. The first-order valence-corrected chi connectivity index (χ1v) is 3.82. The first-order valence-electron chi connectivity index (χ1n) is 3.82. The van der Waals surface area contributed by atoms with Crippen LogP contribution in [0.25, 0.3) is 0 Å². The lowest BCUT2D eigenvalue weighted by atomic mass is 10.1. The predicted molar refractivity (Wildman–Crippen MR) is 44.5 cm³/mol. The van der Waals surface area contributed by atoms with Crippen molar-refractivity contribution in [3.05, 3.63) is 0 Å². The topological polar surface area (TPSA) is 40.5 Å². The van der Waals surface area contributed by atoms with E-state index in [2.05, 4.69) is 0 Å². The first-order chi connectivity index (χ1) is 5.02. The van der Waals surface area contributed by atoms with Crippen molar-refractivity contribution in [3.8, 4) is 0 Å². The molecule has 0 heterocycles. The first kappa shape index (κ1) is 10.6. The monoisotopic (exact) mass is 159 g/mol. The highest BCUT2D eigenvalue weighted by molar-refractivity contribution is 5.52. The molecule has 0 unspecified atom stereocenters. The van der Waals surface area contributed by atoms with Crippen LogP contribution < -0.4 is 0 Å². The van der Waals surface area contributed by atoms with Crippen LogP contribution in [0.15, 0.2) is 0 Å². The molecule has 0 radical (unpaired) electrons. The van der Waals surface area contributed by atoms with E-state index in [9.17, 15) is 4.79 Å². The molecule has 0 saturated heterocycles. The van der Waals surface area contributed by atoms with Crippen LogP contribution in [0.2, 0.25) is 0 Å². The molecule has 0 aliphatic rings. The zero-order chi connectivity index (χ0) is 8.91. The van der Waals surface area contributed by atoms with Gasteiger partial charge >= 0.3 is 0 Å². The van der Waals surface area contributed by atoms with Crippen LogP contribution in [-0.2, 0) is 4.79 Å². The van der Waals surface area contributed by atoms with Crippen LogP contribution in [-0.4, -0.2) is 41.5 Å². The average Bonchev–Trinajstić information content (AvgIpc) is 1.85. The number of rotatable bonds is 4. The van der Waals surface area contributed by atoms with Crippen molar-refractivity contribution in [1.82, 2.24) is 4.90 Å². The van der Waals surface area contributed by atoms with Crippen LogP contribution in [0.3, 0.4) is 0 Å². The molecule has 3 heteroatoms. The molecule has 0 aromatic heterocycles. The summed E-state index contributed by atoms with van der Waals surface area (Å²) in [5.74, 6) is 0. The van der Waals surface area contributed by atoms with Gasteiger partial charge in [0.2, 0.25) is 0 Å². The summed E-state index contributed by atoms with van der Waals surface area (Å²) >= 11 is 0. The Labute approximate surface area is 68.0 Å². The van der Waals surface area contributed by atoms with Crippen molar-refractivity contribution in [3.63, 3.8) is 0 Å². The molecule has 11 heavy (non-hydrogen) atoms. The highest BCUT2D eigenvalue weighted by Crippen LogP contribution is 2.10. The molecule has 0 aliphatic heterocycles. The van der Waals surface area contributed by atoms with Gasteiger partial charge in [-0.05, 0) is 20.8 Å². The number of aldehydes is 1. The highest BCUT2D eigenvalue weighted by Gasteiger charge is 2.19. The molecule has 3 nitrogen and oxygen atoms in total. The van der Waals surface area contributed by atoms with E-state index in [0.717, 1.165) is 6.29 Å². The molecule has 0 atom stereocenters. The Balaban J connectivity index is 3.97. The van der Waals surface area contributed by atoms with Gasteiger partial charge in [-0.2, -0.15) is 0 Å². The number of carbonyl (C=O) groups excluding carboxylic acids is 1. The summed E-state index contributed by atoms with van der Waals surface area (Å²) in [6.45, 7) is 7.11. The maximum Gasteiger partial charge on any atom is 0.134 e. The van der Waals surface area contributed by atoms with Gasteiger partial charge in [-0.1, -0.05) is 0 Å². The summed E-state index contributed by atoms with van der Waals surface area (Å²) in [7, 11) is 0. The Morgan fingerprint density at radius 2 is 2.00 bits per heavy atom. The molecule has 0 fully saturated rings. The molecule has 0 aromatic rings. The summed E-state index contributed by atoms with van der Waals surface area (Å²) in [5, 5.41) is 8.67. The summed E-state index contributed by atoms with van der Waals surface area (Å²) < 4.78 is 0. The van der Waals surface area contributed by atoms with Gasteiger partial charge in [-0.25, -0.2) is 0 Å². The molecule has 0 amide bonds. The maximum atomic E-state index is 10.2. The fourth-order valence-electron chi connectivity index (χ4n) is 0.911. The minimum atomic E-state index is -0.0381. The van der Waals surface area contributed by atoms with Crippen LogP contribution in [0.1, 0.15) is 20.8 Å². The van der Waals surface area contributed by atoms with Crippen molar-refractivity contribution in [2.75, 3.05) is 19.7 Å². The van der Waals surface area contributed by atoms with Gasteiger partial charge in [0, 0.05) is 12.1 Å². The molecule has 0 aliphatic carbocycles. The van der Waals surface area contributed by atoms with Gasteiger partial charge in [-0.15, -0.1) is 0 Å². The fourth-order valence-corrected chi connectivity index (χ4v) is 0.911. The van der Waals surface area contributed by atoms with Crippen LogP contribution in [0, 0.1) is 0 Å². The third-order valence-corrected chi connectivity index (χ3v) is 1.61. The number of hydrogen-bond donors (Lipinski definition) is 1. The van der Waals surface area contributed by atoms with Crippen LogP contribution in [0.5, 0.6) is 0 Å². The normalized spacial score (nSPS) is 12.1. The highest BCUT2D eigenvalue weighted by atomic mass is 16.3. The Hall–Kier alpha value is -0.410. The van der Waals surface area contributed by atoms with Crippen LogP contribution in [0.4, 0.5) is 0 Å². The number of hydrogen-bond acceptors (Lipinski definition) is 3. The van der Waals surface area contributed by atoms with E-state index in [1.54, 1.807) is 0 Å². The second-order valence-corrected chi connectivity index (χ2v) is 3.51. The Morgan fingerprint density at radius 1 is 1.45 bits per heavy atom. The molecule has 0 rings (SSSR count). The predicted octanol–water partition coefficient (Wildman–Crippen LogP) is 0.278. The number of aliphatic hydroxyl groups is 1. The lowest BCUT2D eigenvalue weighted by Crippen LogP contribution is -2.44. The van der Waals surface area contributed by atoms with E-state index in [1.807, 2.05) is 25.7 Å². The minimum Gasteiger partial charge on any atom is -0.395 e. The number of β-amino-alcohol motifs (C(OH)–C–C–N with tert-alkyl or cyclic N) is 1. The maximum absolute atomic E-state index is 10.2. The van der Waals surface area contributed by atoms with Gasteiger partial charge < -0.3 is 9.90 Å². The lowest BCUT2D eigenvalue weighted by molar-refractivity contribution is -0.110. The molecular weight excluding hydrogens is 142 g/mol. The average molecular weight is 159 g/mol. The van der Waals surface area contributed by atoms with Gasteiger partial charge in [-0.3, -0.25) is 4.90 Å². The molecule has 0 bridgehead atoms. The van der Waals surface area contributed by atoms with Crippen molar-refractivity contribution in [1.29, 1.82) is 0 Å². The standard InChI is InChI=1S/C8H17NO2/c1-8(2,3)9(4-6-10)5-7-11/h6,11H,4-5,7H2,1-3H3. The van der Waals surface area contributed by atoms with Gasteiger partial charge in [0.1, 0.15) is 6.29 Å². The third kappa shape index (κ3) is 4.11. The Morgan fingerprint density at radius 3 is 2.27 bits per heavy atom. The van der Waals surface area contributed by atoms with Crippen molar-refractivity contribution in [2.24, 2.45) is 0 Å². The summed E-state index contributed by atoms with van der Waals surface area (Å²) in [4.78, 5) is 12.1. The zero-order valence-electron chi connectivity index (χ0n) is 7.50. The second kappa shape index (κ2) is 4.46. The Kier molecular flexibility index (Phi) is 4.30. The summed E-state index contributed by atoms with van der Waals surface area (Å²) in [6, 6.07) is 0. The van der Waals surface area contributed by atoms with Crippen molar-refractivity contribution in [2.45, 2.75) is 26.3 Å². The van der Waals surface area contributed by atoms with E-state index >= 15 is 0 Å². The second-order valence-electron chi connectivity index (χ2n) is 3.51. The van der Waals surface area contributed by atoms with Gasteiger partial charge in [0.25, 0.3) is 0 Å². The quantitative estimate of drug-likeness (QED) is 0.599. The number of carbonyl (C=O) groups is 1. The smallest absolute Gasteiger partial charge is 0.134 e. The minimum absolute atomic E-state index is 0.0381. The molecular formula is C8H17NO2. The van der Waals surface area contributed by atoms with E-state index in [0.29, 0.717) is 13.1 Å². The van der Waals surface area contributed by atoms with Crippen molar-refractivity contribution < 1.29 is 9.90 Å². The largest absolute Gasteiger partial charge is 0.395 e. The number of aliphatic hydroxyl groups excluding tert-OH is 1. The fraction of sp³-hybridized carbons (Fsp3) is 0.875. The third-order valence-electron chi connectivity index (χ3n) is 1.61. The van der Waals surface area contributed by atoms with E-state index in [-0.39, 0.29) is 12.1 Å². The lowest BCUT2D eigenvalue weighted by Gasteiger charge is -2.33. The number of nitrogens with zero attached hydrogens (tertiary/aromatic N) is 1. The Bertz CT molecular complexity index is 118. The molecule has 1 N–H and O–H groups in total. The molecule has 66 valence electrons.